The van der Waals surface area contributed by atoms with E-state index in [2.05, 4.69) is 15.2 Å². The van der Waals surface area contributed by atoms with E-state index < -0.39 is 0 Å². The number of nitrogens with one attached hydrogen (secondary N) is 1. The van der Waals surface area contributed by atoms with Crippen molar-refractivity contribution in [2.45, 2.75) is 6.54 Å². The third-order valence-electron chi connectivity index (χ3n) is 4.22. The van der Waals surface area contributed by atoms with Crippen LogP contribution in [-0.4, -0.2) is 49.5 Å². The number of halogens is 2. The molecule has 0 aliphatic carbocycles. The van der Waals surface area contributed by atoms with Crippen LogP contribution in [0, 0.1) is 0 Å². The number of carbonyl (C=O) groups excluding carboxylic acids is 1. The van der Waals surface area contributed by atoms with Crippen LogP contribution in [0.25, 0.3) is 0 Å². The fourth-order valence-electron chi connectivity index (χ4n) is 2.75. The minimum Gasteiger partial charge on any atom is -0.467 e. The SMILES string of the molecule is I.NC(=NCC(=O)NCc1ccco1)N1CCN(c2ccc(Cl)cc2)CC1. The third kappa shape index (κ3) is 6.31. The molecule has 0 radical (unpaired) electrons. The zero-order chi connectivity index (χ0) is 18.4. The first-order valence-corrected chi connectivity index (χ1v) is 8.84. The van der Waals surface area contributed by atoms with Gasteiger partial charge in [-0.2, -0.15) is 0 Å². The molecule has 1 aromatic heterocycles. The van der Waals surface area contributed by atoms with Crippen LogP contribution in [0.15, 0.2) is 52.1 Å². The summed E-state index contributed by atoms with van der Waals surface area (Å²) in [6, 6.07) is 11.4. The zero-order valence-corrected chi connectivity index (χ0v) is 17.9. The summed E-state index contributed by atoms with van der Waals surface area (Å²) in [5.41, 5.74) is 7.17. The zero-order valence-electron chi connectivity index (χ0n) is 14.8. The van der Waals surface area contributed by atoms with Crippen LogP contribution in [0.3, 0.4) is 0 Å². The number of aliphatic imine (C=N–C) groups is 1. The van der Waals surface area contributed by atoms with Crippen molar-refractivity contribution in [1.29, 1.82) is 0 Å². The maximum atomic E-state index is 11.8. The lowest BCUT2D eigenvalue weighted by molar-refractivity contribution is -0.119. The lowest BCUT2D eigenvalue weighted by Crippen LogP contribution is -2.51. The molecule has 2 aromatic rings. The molecule has 2 heterocycles. The standard InChI is InChI=1S/C18H22ClN5O2.HI/c19-14-3-5-15(6-4-14)23-7-9-24(10-8-23)18(20)22-13-17(25)21-12-16-2-1-11-26-16;/h1-6,11H,7-10,12-13H2,(H2,20,22)(H,21,25);1H. The second kappa shape index (κ2) is 10.4. The van der Waals surface area contributed by atoms with Gasteiger partial charge in [-0.05, 0) is 36.4 Å². The first kappa shape index (κ1) is 21.4. The normalized spacial score (nSPS) is 14.6. The number of nitrogens with zero attached hydrogens (tertiary/aromatic N) is 3. The van der Waals surface area contributed by atoms with E-state index in [1.807, 2.05) is 29.2 Å². The minimum absolute atomic E-state index is 0. The number of nitrogens with two attached hydrogens (primary N) is 1. The van der Waals surface area contributed by atoms with Gasteiger partial charge in [-0.15, -0.1) is 24.0 Å². The summed E-state index contributed by atoms with van der Waals surface area (Å²) in [4.78, 5) is 20.3. The molecule has 27 heavy (non-hydrogen) atoms. The Hall–Kier alpha value is -1.94. The molecule has 3 rings (SSSR count). The van der Waals surface area contributed by atoms with Crippen molar-refractivity contribution in [3.63, 3.8) is 0 Å². The van der Waals surface area contributed by atoms with E-state index in [4.69, 9.17) is 21.8 Å². The van der Waals surface area contributed by atoms with Gasteiger partial charge in [-0.1, -0.05) is 11.6 Å². The smallest absolute Gasteiger partial charge is 0.242 e. The molecule has 146 valence electrons. The summed E-state index contributed by atoms with van der Waals surface area (Å²) in [6.07, 6.45) is 1.57. The Labute approximate surface area is 180 Å². The van der Waals surface area contributed by atoms with E-state index in [0.717, 1.165) is 36.9 Å². The molecule has 0 saturated carbocycles. The molecule has 0 spiro atoms. The lowest BCUT2D eigenvalue weighted by Gasteiger charge is -2.36. The quantitative estimate of drug-likeness (QED) is 0.371. The van der Waals surface area contributed by atoms with Gasteiger partial charge in [0.2, 0.25) is 5.91 Å². The highest BCUT2D eigenvalue weighted by atomic mass is 127. The fraction of sp³-hybridized carbons (Fsp3) is 0.333. The number of anilines is 1. The Morgan fingerprint density at radius 3 is 2.52 bits per heavy atom. The Morgan fingerprint density at radius 1 is 1.19 bits per heavy atom. The van der Waals surface area contributed by atoms with E-state index in [0.29, 0.717) is 18.3 Å². The van der Waals surface area contributed by atoms with Gasteiger partial charge in [0.05, 0.1) is 12.8 Å². The summed E-state index contributed by atoms with van der Waals surface area (Å²) in [6.45, 7) is 3.54. The molecule has 1 fully saturated rings. The third-order valence-corrected chi connectivity index (χ3v) is 4.47. The number of hydrogen-bond acceptors (Lipinski definition) is 4. The topological polar surface area (TPSA) is 87.1 Å². The van der Waals surface area contributed by atoms with Crippen LogP contribution in [0.4, 0.5) is 5.69 Å². The van der Waals surface area contributed by atoms with Crippen molar-refractivity contribution in [2.75, 3.05) is 37.6 Å². The summed E-state index contributed by atoms with van der Waals surface area (Å²) >= 11 is 5.93. The lowest BCUT2D eigenvalue weighted by atomic mass is 10.2. The summed E-state index contributed by atoms with van der Waals surface area (Å²) in [5, 5.41) is 3.47. The van der Waals surface area contributed by atoms with Gasteiger partial charge in [0, 0.05) is 36.9 Å². The highest BCUT2D eigenvalue weighted by Crippen LogP contribution is 2.19. The van der Waals surface area contributed by atoms with Crippen LogP contribution >= 0.6 is 35.6 Å². The monoisotopic (exact) mass is 503 g/mol. The van der Waals surface area contributed by atoms with Crippen LogP contribution in [0.1, 0.15) is 5.76 Å². The Balaban J connectivity index is 0.00000261. The highest BCUT2D eigenvalue weighted by molar-refractivity contribution is 14.0. The maximum Gasteiger partial charge on any atom is 0.242 e. The second-order valence-corrected chi connectivity index (χ2v) is 6.42. The molecule has 0 bridgehead atoms. The first-order chi connectivity index (χ1) is 12.6. The predicted molar refractivity (Wildman–Crippen MR) is 118 cm³/mol. The molecule has 1 saturated heterocycles. The van der Waals surface area contributed by atoms with Crippen molar-refractivity contribution in [1.82, 2.24) is 10.2 Å². The van der Waals surface area contributed by atoms with E-state index in [1.165, 1.54) is 0 Å². The molecule has 1 aliphatic rings. The highest BCUT2D eigenvalue weighted by Gasteiger charge is 2.18. The van der Waals surface area contributed by atoms with Crippen molar-refractivity contribution < 1.29 is 9.21 Å². The van der Waals surface area contributed by atoms with Crippen molar-refractivity contribution in [3.8, 4) is 0 Å². The number of hydrogen-bond donors (Lipinski definition) is 2. The van der Waals surface area contributed by atoms with Gasteiger partial charge in [-0.3, -0.25) is 4.79 Å². The molecule has 1 aliphatic heterocycles. The van der Waals surface area contributed by atoms with Gasteiger partial charge < -0.3 is 25.3 Å². The predicted octanol–water partition coefficient (Wildman–Crippen LogP) is 2.30. The van der Waals surface area contributed by atoms with Gasteiger partial charge in [0.15, 0.2) is 5.96 Å². The van der Waals surface area contributed by atoms with Gasteiger partial charge >= 0.3 is 0 Å². The van der Waals surface area contributed by atoms with E-state index >= 15 is 0 Å². The van der Waals surface area contributed by atoms with Crippen molar-refractivity contribution in [3.05, 3.63) is 53.4 Å². The Morgan fingerprint density at radius 2 is 1.89 bits per heavy atom. The number of guanidine groups is 1. The number of furan rings is 1. The summed E-state index contributed by atoms with van der Waals surface area (Å²) < 4.78 is 5.16. The van der Waals surface area contributed by atoms with Crippen LogP contribution in [0.5, 0.6) is 0 Å². The molecular formula is C18H23ClIN5O2. The molecule has 0 atom stereocenters. The molecule has 7 nitrogen and oxygen atoms in total. The van der Waals surface area contributed by atoms with Gasteiger partial charge in [0.1, 0.15) is 12.3 Å². The average molecular weight is 504 g/mol. The molecule has 3 N–H and O–H groups in total. The number of benzene rings is 1. The Bertz CT molecular complexity index is 744. The minimum atomic E-state index is -0.191. The molecule has 1 aromatic carbocycles. The molecular weight excluding hydrogens is 481 g/mol. The van der Waals surface area contributed by atoms with Crippen molar-refractivity contribution in [2.24, 2.45) is 10.7 Å². The first-order valence-electron chi connectivity index (χ1n) is 8.46. The number of amides is 1. The van der Waals surface area contributed by atoms with E-state index in [-0.39, 0.29) is 36.4 Å². The molecule has 0 unspecified atom stereocenters. The number of rotatable bonds is 5. The van der Waals surface area contributed by atoms with E-state index in [9.17, 15) is 4.79 Å². The summed E-state index contributed by atoms with van der Waals surface area (Å²) in [7, 11) is 0. The Kier molecular flexibility index (Phi) is 8.23. The van der Waals surface area contributed by atoms with Gasteiger partial charge in [0.25, 0.3) is 0 Å². The van der Waals surface area contributed by atoms with Crippen LogP contribution < -0.4 is 16.0 Å². The largest absolute Gasteiger partial charge is 0.467 e. The average Bonchev–Trinajstić information content (AvgIpc) is 3.19. The number of piperazine rings is 1. The summed E-state index contributed by atoms with van der Waals surface area (Å²) in [5.74, 6) is 0.909. The van der Waals surface area contributed by atoms with Crippen LogP contribution in [0.2, 0.25) is 5.02 Å². The fourth-order valence-corrected chi connectivity index (χ4v) is 2.88. The maximum absolute atomic E-state index is 11.8. The molecule has 1 amide bonds. The van der Waals surface area contributed by atoms with Crippen LogP contribution in [-0.2, 0) is 11.3 Å². The van der Waals surface area contributed by atoms with E-state index in [1.54, 1.807) is 18.4 Å². The van der Waals surface area contributed by atoms with Gasteiger partial charge in [-0.25, -0.2) is 4.99 Å². The second-order valence-electron chi connectivity index (χ2n) is 5.98. The number of carbonyl (C=O) groups is 1. The molecule has 9 heteroatoms. The van der Waals surface area contributed by atoms with Crippen molar-refractivity contribution >= 4 is 53.1 Å².